The number of rotatable bonds is 7. The highest BCUT2D eigenvalue weighted by Gasteiger charge is 2.39. The summed E-state index contributed by atoms with van der Waals surface area (Å²) in [5, 5.41) is 8.45. The van der Waals surface area contributed by atoms with Crippen molar-refractivity contribution in [2.75, 3.05) is 26.0 Å². The SMILES string of the molecule is COC(=O)C1CN(Cc2cn(Cc3ccccc3)nn2)CCS(=O)(=O)N1Cc1ccc(C)cc1. The van der Waals surface area contributed by atoms with Crippen LogP contribution in [0.3, 0.4) is 0 Å². The molecular formula is C24H29N5O4S. The zero-order valence-electron chi connectivity index (χ0n) is 19.4. The maximum atomic E-state index is 13.2. The van der Waals surface area contributed by atoms with Crippen molar-refractivity contribution in [3.05, 3.63) is 83.2 Å². The van der Waals surface area contributed by atoms with Crippen LogP contribution in [0, 0.1) is 6.92 Å². The molecule has 1 unspecified atom stereocenters. The minimum atomic E-state index is -3.68. The summed E-state index contributed by atoms with van der Waals surface area (Å²) in [5.41, 5.74) is 3.72. The van der Waals surface area contributed by atoms with E-state index in [-0.39, 0.29) is 25.4 Å². The third-order valence-electron chi connectivity index (χ3n) is 5.89. The molecule has 1 fully saturated rings. The minimum absolute atomic E-state index is 0.0927. The molecule has 1 aliphatic heterocycles. The highest BCUT2D eigenvalue weighted by molar-refractivity contribution is 7.89. The van der Waals surface area contributed by atoms with E-state index in [0.717, 1.165) is 16.7 Å². The number of aryl methyl sites for hydroxylation is 1. The number of nitrogens with zero attached hydrogens (tertiary/aromatic N) is 5. The van der Waals surface area contributed by atoms with Crippen molar-refractivity contribution < 1.29 is 17.9 Å². The molecule has 0 bridgehead atoms. The highest BCUT2D eigenvalue weighted by Crippen LogP contribution is 2.21. The fraction of sp³-hybridized carbons (Fsp3) is 0.375. The van der Waals surface area contributed by atoms with E-state index in [2.05, 4.69) is 10.3 Å². The van der Waals surface area contributed by atoms with Crippen molar-refractivity contribution in [3.8, 4) is 0 Å². The molecule has 180 valence electrons. The Labute approximate surface area is 200 Å². The van der Waals surface area contributed by atoms with E-state index in [0.29, 0.717) is 18.8 Å². The molecule has 2 heterocycles. The predicted molar refractivity (Wildman–Crippen MR) is 127 cm³/mol. The van der Waals surface area contributed by atoms with Gasteiger partial charge in [0.05, 0.1) is 31.3 Å². The predicted octanol–water partition coefficient (Wildman–Crippen LogP) is 1.82. The number of hydrogen-bond donors (Lipinski definition) is 0. The standard InChI is InChI=1S/C24H29N5O4S/c1-19-8-10-21(11-9-19)15-29-23(24(30)33-2)18-27(12-13-34(29,31)32)16-22-17-28(26-25-22)14-20-6-4-3-5-7-20/h3-11,17,23H,12-16,18H2,1-2H3. The molecule has 34 heavy (non-hydrogen) atoms. The average molecular weight is 484 g/mol. The number of benzene rings is 2. The van der Waals surface area contributed by atoms with Gasteiger partial charge in [-0.15, -0.1) is 5.10 Å². The Kier molecular flexibility index (Phi) is 7.40. The Morgan fingerprint density at radius 1 is 1.03 bits per heavy atom. The van der Waals surface area contributed by atoms with Crippen LogP contribution in [0.5, 0.6) is 0 Å². The molecule has 3 aromatic rings. The minimum Gasteiger partial charge on any atom is -0.468 e. The first-order valence-electron chi connectivity index (χ1n) is 11.1. The number of sulfonamides is 1. The van der Waals surface area contributed by atoms with Gasteiger partial charge in [0, 0.05) is 26.2 Å². The lowest BCUT2D eigenvalue weighted by Crippen LogP contribution is -2.48. The van der Waals surface area contributed by atoms with Crippen LogP contribution in [-0.2, 0) is 39.2 Å². The van der Waals surface area contributed by atoms with Gasteiger partial charge in [0.25, 0.3) is 0 Å². The normalized spacial score (nSPS) is 18.9. The quantitative estimate of drug-likeness (QED) is 0.473. The van der Waals surface area contributed by atoms with E-state index in [1.165, 1.54) is 11.4 Å². The summed E-state index contributed by atoms with van der Waals surface area (Å²) in [6.07, 6.45) is 1.85. The first-order valence-corrected chi connectivity index (χ1v) is 12.7. The molecule has 1 saturated heterocycles. The smallest absolute Gasteiger partial charge is 0.325 e. The van der Waals surface area contributed by atoms with Crippen LogP contribution in [0.4, 0.5) is 0 Å². The zero-order valence-corrected chi connectivity index (χ0v) is 20.2. The number of ether oxygens (including phenoxy) is 1. The van der Waals surface area contributed by atoms with Gasteiger partial charge in [-0.3, -0.25) is 9.69 Å². The molecule has 4 rings (SSSR count). The van der Waals surface area contributed by atoms with Gasteiger partial charge in [-0.05, 0) is 18.1 Å². The van der Waals surface area contributed by atoms with Crippen molar-refractivity contribution in [2.45, 2.75) is 32.6 Å². The molecule has 2 aromatic carbocycles. The van der Waals surface area contributed by atoms with Gasteiger partial charge >= 0.3 is 5.97 Å². The van der Waals surface area contributed by atoms with Crippen LogP contribution < -0.4 is 0 Å². The van der Waals surface area contributed by atoms with Crippen molar-refractivity contribution in [1.82, 2.24) is 24.2 Å². The second-order valence-corrected chi connectivity index (χ2v) is 10.6. The molecule has 0 aliphatic carbocycles. The van der Waals surface area contributed by atoms with Crippen molar-refractivity contribution in [1.29, 1.82) is 0 Å². The largest absolute Gasteiger partial charge is 0.468 e. The average Bonchev–Trinajstić information content (AvgIpc) is 3.22. The second-order valence-electron chi connectivity index (χ2n) is 8.51. The van der Waals surface area contributed by atoms with Crippen LogP contribution >= 0.6 is 0 Å². The summed E-state index contributed by atoms with van der Waals surface area (Å²) in [5.74, 6) is -0.667. The number of hydrogen-bond acceptors (Lipinski definition) is 7. The molecule has 10 heteroatoms. The molecule has 1 aliphatic rings. The maximum absolute atomic E-state index is 13.2. The summed E-state index contributed by atoms with van der Waals surface area (Å²) in [4.78, 5) is 14.6. The van der Waals surface area contributed by atoms with Crippen LogP contribution in [0.25, 0.3) is 0 Å². The molecular weight excluding hydrogens is 454 g/mol. The Morgan fingerprint density at radius 3 is 2.44 bits per heavy atom. The summed E-state index contributed by atoms with van der Waals surface area (Å²) in [7, 11) is -2.40. The lowest BCUT2D eigenvalue weighted by atomic mass is 10.1. The third-order valence-corrected chi connectivity index (χ3v) is 7.69. The number of carbonyl (C=O) groups is 1. The second kappa shape index (κ2) is 10.5. The van der Waals surface area contributed by atoms with E-state index in [1.807, 2.05) is 72.6 Å². The van der Waals surface area contributed by atoms with Gasteiger partial charge in [0.2, 0.25) is 10.0 Å². The molecule has 0 N–H and O–H groups in total. The van der Waals surface area contributed by atoms with Gasteiger partial charge in [-0.25, -0.2) is 13.1 Å². The molecule has 0 spiro atoms. The van der Waals surface area contributed by atoms with Gasteiger partial charge in [0.15, 0.2) is 0 Å². The number of methoxy groups -OCH3 is 1. The monoisotopic (exact) mass is 483 g/mol. The molecule has 0 saturated carbocycles. The van der Waals surface area contributed by atoms with Gasteiger partial charge in [-0.1, -0.05) is 65.4 Å². The number of esters is 1. The number of carbonyl (C=O) groups excluding carboxylic acids is 1. The number of aromatic nitrogens is 3. The first kappa shape index (κ1) is 24.1. The fourth-order valence-electron chi connectivity index (χ4n) is 4.02. The van der Waals surface area contributed by atoms with E-state index < -0.39 is 22.0 Å². The summed E-state index contributed by atoms with van der Waals surface area (Å²) < 4.78 is 34.4. The van der Waals surface area contributed by atoms with Crippen molar-refractivity contribution in [3.63, 3.8) is 0 Å². The molecule has 0 amide bonds. The van der Waals surface area contributed by atoms with Gasteiger partial charge < -0.3 is 4.74 Å². The Hall–Kier alpha value is -3.08. The van der Waals surface area contributed by atoms with Crippen LogP contribution in [0.1, 0.15) is 22.4 Å². The van der Waals surface area contributed by atoms with Gasteiger partial charge in [0.1, 0.15) is 6.04 Å². The lowest BCUT2D eigenvalue weighted by Gasteiger charge is -2.28. The molecule has 1 aromatic heterocycles. The maximum Gasteiger partial charge on any atom is 0.325 e. The topological polar surface area (TPSA) is 97.6 Å². The summed E-state index contributed by atoms with van der Waals surface area (Å²) >= 11 is 0. The Bertz CT molecular complexity index is 1210. The lowest BCUT2D eigenvalue weighted by molar-refractivity contribution is -0.145. The Balaban J connectivity index is 1.51. The van der Waals surface area contributed by atoms with Crippen LogP contribution in [-0.4, -0.2) is 70.6 Å². The van der Waals surface area contributed by atoms with E-state index in [9.17, 15) is 13.2 Å². The molecule has 1 atom stereocenters. The van der Waals surface area contributed by atoms with Crippen molar-refractivity contribution >= 4 is 16.0 Å². The molecule has 0 radical (unpaired) electrons. The van der Waals surface area contributed by atoms with Crippen molar-refractivity contribution in [2.24, 2.45) is 0 Å². The van der Waals surface area contributed by atoms with E-state index in [4.69, 9.17) is 4.74 Å². The summed E-state index contributed by atoms with van der Waals surface area (Å²) in [6.45, 7) is 3.56. The van der Waals surface area contributed by atoms with E-state index in [1.54, 1.807) is 4.68 Å². The van der Waals surface area contributed by atoms with Crippen LogP contribution in [0.15, 0.2) is 60.8 Å². The van der Waals surface area contributed by atoms with E-state index >= 15 is 0 Å². The van der Waals surface area contributed by atoms with Gasteiger partial charge in [-0.2, -0.15) is 4.31 Å². The van der Waals surface area contributed by atoms with Crippen LogP contribution in [0.2, 0.25) is 0 Å². The summed E-state index contributed by atoms with van der Waals surface area (Å²) in [6, 6.07) is 16.6. The Morgan fingerprint density at radius 2 is 1.74 bits per heavy atom. The highest BCUT2D eigenvalue weighted by atomic mass is 32.2. The zero-order chi connectivity index (χ0) is 24.1. The fourth-order valence-corrected chi connectivity index (χ4v) is 5.63. The third kappa shape index (κ3) is 5.88. The molecule has 9 nitrogen and oxygen atoms in total. The first-order chi connectivity index (χ1) is 16.3.